The van der Waals surface area contributed by atoms with Crippen LogP contribution in [-0.4, -0.2) is 25.1 Å². The Morgan fingerprint density at radius 3 is 2.89 bits per heavy atom. The summed E-state index contributed by atoms with van der Waals surface area (Å²) in [6.07, 6.45) is 1.47. The summed E-state index contributed by atoms with van der Waals surface area (Å²) in [5.41, 5.74) is 0.801. The monoisotopic (exact) mass is 274 g/mol. The van der Waals surface area contributed by atoms with Crippen LogP contribution < -0.4 is 5.32 Å². The van der Waals surface area contributed by atoms with Crippen molar-refractivity contribution in [1.29, 1.82) is 0 Å². The third-order valence-electron chi connectivity index (χ3n) is 2.77. The van der Waals surface area contributed by atoms with Crippen molar-refractivity contribution in [3.8, 4) is 0 Å². The molecule has 1 aromatic carbocycles. The highest BCUT2D eigenvalue weighted by Crippen LogP contribution is 2.24. The topological polar surface area (TPSA) is 79.4 Å². The minimum Gasteiger partial charge on any atom is -0.360 e. The highest BCUT2D eigenvalue weighted by molar-refractivity contribution is 6.28. The molecule has 0 saturated carbocycles. The number of aromatic amines is 1. The van der Waals surface area contributed by atoms with E-state index in [1.54, 1.807) is 0 Å². The molecule has 2 heterocycles. The Bertz CT molecular complexity index is 697. The molecule has 0 aliphatic rings. The summed E-state index contributed by atoms with van der Waals surface area (Å²) < 4.78 is 0. The van der Waals surface area contributed by atoms with Gasteiger partial charge in [-0.2, -0.15) is 5.10 Å². The Morgan fingerprint density at radius 2 is 2.11 bits per heavy atom. The number of nitrogens with zero attached hydrogens (tertiary/aromatic N) is 4. The Labute approximate surface area is 114 Å². The Morgan fingerprint density at radius 1 is 1.26 bits per heavy atom. The average molecular weight is 275 g/mol. The van der Waals surface area contributed by atoms with E-state index in [0.29, 0.717) is 5.82 Å². The molecule has 19 heavy (non-hydrogen) atoms. The van der Waals surface area contributed by atoms with Crippen LogP contribution >= 0.6 is 11.6 Å². The van der Waals surface area contributed by atoms with Crippen molar-refractivity contribution in [3.05, 3.63) is 41.7 Å². The first-order valence-electron chi connectivity index (χ1n) is 5.78. The second-order valence-electron chi connectivity index (χ2n) is 4.10. The molecule has 0 bridgehead atoms. The van der Waals surface area contributed by atoms with Crippen LogP contribution in [0, 0.1) is 0 Å². The van der Waals surface area contributed by atoms with Crippen LogP contribution in [0.25, 0.3) is 10.9 Å². The van der Waals surface area contributed by atoms with Crippen LogP contribution in [0.2, 0.25) is 5.28 Å². The van der Waals surface area contributed by atoms with Crippen LogP contribution in [0.3, 0.4) is 0 Å². The normalized spacial score (nSPS) is 12.5. The molecule has 0 amide bonds. The first-order valence-corrected chi connectivity index (χ1v) is 6.16. The van der Waals surface area contributed by atoms with Crippen LogP contribution in [0.4, 0.5) is 5.82 Å². The number of hydrogen-bond donors (Lipinski definition) is 2. The summed E-state index contributed by atoms with van der Waals surface area (Å²) in [4.78, 5) is 12.5. The number of nitrogens with one attached hydrogen (secondary N) is 2. The predicted octanol–water partition coefficient (Wildman–Crippen LogP) is 2.57. The van der Waals surface area contributed by atoms with Crippen molar-refractivity contribution < 1.29 is 0 Å². The van der Waals surface area contributed by atoms with Gasteiger partial charge in [0.25, 0.3) is 0 Å². The number of fused-ring (bicyclic) bond motifs is 1. The van der Waals surface area contributed by atoms with E-state index in [0.717, 1.165) is 16.7 Å². The van der Waals surface area contributed by atoms with Crippen LogP contribution in [0.15, 0.2) is 30.6 Å². The van der Waals surface area contributed by atoms with E-state index in [9.17, 15) is 0 Å². The van der Waals surface area contributed by atoms with E-state index in [2.05, 4.69) is 30.5 Å². The van der Waals surface area contributed by atoms with Crippen LogP contribution in [-0.2, 0) is 0 Å². The van der Waals surface area contributed by atoms with Gasteiger partial charge in [0, 0.05) is 5.39 Å². The van der Waals surface area contributed by atoms with Gasteiger partial charge < -0.3 is 5.32 Å². The van der Waals surface area contributed by atoms with Gasteiger partial charge in [-0.1, -0.05) is 12.1 Å². The minimum absolute atomic E-state index is 0.0585. The Hall–Kier alpha value is -2.21. The maximum atomic E-state index is 5.93. The maximum absolute atomic E-state index is 5.93. The molecule has 2 aromatic heterocycles. The number of anilines is 1. The van der Waals surface area contributed by atoms with E-state index in [-0.39, 0.29) is 11.3 Å². The molecule has 0 aliphatic carbocycles. The number of H-pyrrole nitrogens is 1. The van der Waals surface area contributed by atoms with Gasteiger partial charge in [-0.3, -0.25) is 5.10 Å². The molecule has 1 unspecified atom stereocenters. The smallest absolute Gasteiger partial charge is 0.224 e. The summed E-state index contributed by atoms with van der Waals surface area (Å²) >= 11 is 5.93. The van der Waals surface area contributed by atoms with Gasteiger partial charge in [0.1, 0.15) is 18.0 Å². The van der Waals surface area contributed by atoms with E-state index >= 15 is 0 Å². The van der Waals surface area contributed by atoms with Crippen molar-refractivity contribution in [3.63, 3.8) is 0 Å². The number of rotatable bonds is 3. The van der Waals surface area contributed by atoms with E-state index in [1.807, 2.05) is 31.2 Å². The molecule has 3 aromatic rings. The lowest BCUT2D eigenvalue weighted by Gasteiger charge is -2.13. The molecule has 0 saturated heterocycles. The molecule has 3 rings (SSSR count). The lowest BCUT2D eigenvalue weighted by Crippen LogP contribution is -2.10. The van der Waals surface area contributed by atoms with Gasteiger partial charge in [0.15, 0.2) is 0 Å². The molecular formula is C12H11ClN6. The fourth-order valence-electron chi connectivity index (χ4n) is 1.86. The lowest BCUT2D eigenvalue weighted by atomic mass is 10.2. The Balaban J connectivity index is 2.00. The zero-order valence-corrected chi connectivity index (χ0v) is 10.9. The predicted molar refractivity (Wildman–Crippen MR) is 73.0 cm³/mol. The maximum Gasteiger partial charge on any atom is 0.224 e. The lowest BCUT2D eigenvalue weighted by molar-refractivity contribution is 0.791. The van der Waals surface area contributed by atoms with Crippen LogP contribution in [0.5, 0.6) is 0 Å². The summed E-state index contributed by atoms with van der Waals surface area (Å²) in [5.74, 6) is 1.42. The summed E-state index contributed by atoms with van der Waals surface area (Å²) in [7, 11) is 0. The largest absolute Gasteiger partial charge is 0.360 e. The SMILES string of the molecule is CC(Nc1nc(Cl)nc2ccccc12)c1ncn[nH]1. The molecule has 96 valence electrons. The van der Waals surface area contributed by atoms with Gasteiger partial charge in [-0.05, 0) is 30.7 Å². The molecule has 0 spiro atoms. The number of para-hydroxylation sites is 1. The molecular weight excluding hydrogens is 264 g/mol. The van der Waals surface area contributed by atoms with Gasteiger partial charge >= 0.3 is 0 Å². The van der Waals surface area contributed by atoms with Crippen molar-refractivity contribution in [2.45, 2.75) is 13.0 Å². The molecule has 0 radical (unpaired) electrons. The number of hydrogen-bond acceptors (Lipinski definition) is 5. The number of halogens is 1. The van der Waals surface area contributed by atoms with Gasteiger partial charge in [0.05, 0.1) is 11.6 Å². The quantitative estimate of drug-likeness (QED) is 0.718. The zero-order chi connectivity index (χ0) is 13.2. The molecule has 0 aliphatic heterocycles. The van der Waals surface area contributed by atoms with Gasteiger partial charge in [-0.25, -0.2) is 15.0 Å². The zero-order valence-electron chi connectivity index (χ0n) is 10.1. The second-order valence-corrected chi connectivity index (χ2v) is 4.43. The fourth-order valence-corrected chi connectivity index (χ4v) is 2.03. The standard InChI is InChI=1S/C12H11ClN6/c1-7(10-14-6-15-19-10)16-11-8-4-2-3-5-9(8)17-12(13)18-11/h2-7H,1H3,(H,14,15,19)(H,16,17,18). The highest BCUT2D eigenvalue weighted by Gasteiger charge is 2.12. The first-order chi connectivity index (χ1) is 9.24. The first kappa shape index (κ1) is 11.9. The summed E-state index contributed by atoms with van der Waals surface area (Å²) in [6.45, 7) is 1.96. The Kier molecular flexibility index (Phi) is 3.00. The minimum atomic E-state index is -0.0585. The van der Waals surface area contributed by atoms with Crippen molar-refractivity contribution >= 4 is 28.3 Å². The second kappa shape index (κ2) is 4.81. The number of aromatic nitrogens is 5. The van der Waals surface area contributed by atoms with Gasteiger partial charge in [0.2, 0.25) is 5.28 Å². The van der Waals surface area contributed by atoms with E-state index < -0.39 is 0 Å². The van der Waals surface area contributed by atoms with Crippen molar-refractivity contribution in [2.75, 3.05) is 5.32 Å². The van der Waals surface area contributed by atoms with Crippen molar-refractivity contribution in [2.24, 2.45) is 0 Å². The number of benzene rings is 1. The van der Waals surface area contributed by atoms with Crippen molar-refractivity contribution in [1.82, 2.24) is 25.1 Å². The molecule has 0 fully saturated rings. The van der Waals surface area contributed by atoms with E-state index in [4.69, 9.17) is 11.6 Å². The molecule has 2 N–H and O–H groups in total. The third-order valence-corrected chi connectivity index (χ3v) is 2.94. The van der Waals surface area contributed by atoms with Gasteiger partial charge in [-0.15, -0.1) is 0 Å². The average Bonchev–Trinajstić information content (AvgIpc) is 2.92. The van der Waals surface area contributed by atoms with Crippen LogP contribution in [0.1, 0.15) is 18.8 Å². The summed E-state index contributed by atoms with van der Waals surface area (Å²) in [6, 6.07) is 7.63. The summed E-state index contributed by atoms with van der Waals surface area (Å²) in [5, 5.41) is 11.0. The molecule has 7 heteroatoms. The van der Waals surface area contributed by atoms with E-state index in [1.165, 1.54) is 6.33 Å². The third kappa shape index (κ3) is 2.34. The molecule has 6 nitrogen and oxygen atoms in total. The molecule has 1 atom stereocenters. The highest BCUT2D eigenvalue weighted by atomic mass is 35.5. The fraction of sp³-hybridized carbons (Fsp3) is 0.167.